The van der Waals surface area contributed by atoms with Crippen LogP contribution in [-0.2, 0) is 0 Å². The van der Waals surface area contributed by atoms with Crippen LogP contribution in [0.15, 0.2) is 30.6 Å². The van der Waals surface area contributed by atoms with E-state index in [0.29, 0.717) is 5.39 Å². The van der Waals surface area contributed by atoms with Crippen LogP contribution in [0.2, 0.25) is 0 Å². The van der Waals surface area contributed by atoms with Crippen LogP contribution in [0.1, 0.15) is 12.8 Å². The van der Waals surface area contributed by atoms with Crippen LogP contribution in [0.3, 0.4) is 0 Å². The van der Waals surface area contributed by atoms with Gasteiger partial charge in [-0.3, -0.25) is 15.1 Å². The smallest absolute Gasteiger partial charge is 0.278 e. The Hall–Kier alpha value is -2.21. The first-order valence-electron chi connectivity index (χ1n) is 7.21. The molecule has 1 atom stereocenters. The lowest BCUT2D eigenvalue weighted by Gasteiger charge is -2.12. The van der Waals surface area contributed by atoms with Gasteiger partial charge in [0.1, 0.15) is 0 Å². The van der Waals surface area contributed by atoms with Crippen molar-refractivity contribution >= 4 is 22.1 Å². The van der Waals surface area contributed by atoms with Gasteiger partial charge in [-0.1, -0.05) is 0 Å². The Kier molecular flexibility index (Phi) is 3.96. The van der Waals surface area contributed by atoms with Crippen LogP contribution in [0.25, 0.3) is 10.8 Å². The van der Waals surface area contributed by atoms with Gasteiger partial charge in [0.25, 0.3) is 5.69 Å². The monoisotopic (exact) mass is 286 g/mol. The predicted molar refractivity (Wildman–Crippen MR) is 82.5 cm³/mol. The first-order valence-corrected chi connectivity index (χ1v) is 7.21. The van der Waals surface area contributed by atoms with Crippen LogP contribution in [0.5, 0.6) is 0 Å². The van der Waals surface area contributed by atoms with Crippen molar-refractivity contribution < 1.29 is 4.92 Å². The molecule has 1 aromatic carbocycles. The molecule has 0 aliphatic carbocycles. The van der Waals surface area contributed by atoms with E-state index in [2.05, 4.69) is 15.6 Å². The van der Waals surface area contributed by atoms with Crippen molar-refractivity contribution in [1.82, 2.24) is 10.3 Å². The maximum Gasteiger partial charge on any atom is 0.278 e. The van der Waals surface area contributed by atoms with Crippen molar-refractivity contribution in [2.24, 2.45) is 5.92 Å². The van der Waals surface area contributed by atoms with Gasteiger partial charge < -0.3 is 10.6 Å². The van der Waals surface area contributed by atoms with Crippen LogP contribution in [0.4, 0.5) is 11.4 Å². The number of hydrogen-bond acceptors (Lipinski definition) is 5. The average molecular weight is 286 g/mol. The summed E-state index contributed by atoms with van der Waals surface area (Å²) in [5.41, 5.74) is 1.03. The van der Waals surface area contributed by atoms with Gasteiger partial charge in [0, 0.05) is 36.1 Å². The fourth-order valence-electron chi connectivity index (χ4n) is 2.86. The number of pyridine rings is 1. The number of hydrogen-bond donors (Lipinski definition) is 2. The number of nitrogens with one attached hydrogen (secondary N) is 2. The van der Waals surface area contributed by atoms with E-state index in [-0.39, 0.29) is 10.6 Å². The summed E-state index contributed by atoms with van der Waals surface area (Å²) in [6.45, 7) is 3.07. The van der Waals surface area contributed by atoms with E-state index in [1.54, 1.807) is 24.5 Å². The third-order valence-electron chi connectivity index (χ3n) is 4.02. The van der Waals surface area contributed by atoms with Crippen LogP contribution >= 0.6 is 0 Å². The van der Waals surface area contributed by atoms with Crippen molar-refractivity contribution in [2.75, 3.05) is 25.0 Å². The molecule has 2 aromatic rings. The van der Waals surface area contributed by atoms with Gasteiger partial charge in [-0.15, -0.1) is 0 Å². The molecule has 6 nitrogen and oxygen atoms in total. The SMILES string of the molecule is O=[N+]([O-])c1ccc(NCCC2CCNC2)c2ccncc12. The summed E-state index contributed by atoms with van der Waals surface area (Å²) in [4.78, 5) is 14.7. The van der Waals surface area contributed by atoms with Crippen molar-refractivity contribution in [2.45, 2.75) is 12.8 Å². The van der Waals surface area contributed by atoms with E-state index in [4.69, 9.17) is 0 Å². The minimum atomic E-state index is -0.363. The Morgan fingerprint density at radius 2 is 2.29 bits per heavy atom. The normalized spacial score (nSPS) is 18.0. The lowest BCUT2D eigenvalue weighted by molar-refractivity contribution is -0.383. The molecule has 3 rings (SSSR count). The third-order valence-corrected chi connectivity index (χ3v) is 4.02. The number of nitro groups is 1. The highest BCUT2D eigenvalue weighted by Gasteiger charge is 2.16. The van der Waals surface area contributed by atoms with Gasteiger partial charge in [-0.2, -0.15) is 0 Å². The lowest BCUT2D eigenvalue weighted by atomic mass is 10.0. The summed E-state index contributed by atoms with van der Waals surface area (Å²) in [5, 5.41) is 19.3. The standard InChI is InChI=1S/C15H18N4O2/c20-19(21)15-2-1-14(12-5-7-17-10-13(12)15)18-8-4-11-3-6-16-9-11/h1-2,5,7,10-11,16,18H,3-4,6,8-9H2. The zero-order chi connectivity index (χ0) is 14.7. The topological polar surface area (TPSA) is 80.1 Å². The summed E-state index contributed by atoms with van der Waals surface area (Å²) in [6.07, 6.45) is 5.56. The third kappa shape index (κ3) is 2.95. The molecule has 1 fully saturated rings. The predicted octanol–water partition coefficient (Wildman–Crippen LogP) is 2.55. The molecule has 110 valence electrons. The number of fused-ring (bicyclic) bond motifs is 1. The van der Waals surface area contributed by atoms with Crippen molar-refractivity contribution in [3.05, 3.63) is 40.7 Å². The molecule has 0 bridgehead atoms. The minimum absolute atomic E-state index is 0.101. The molecule has 0 saturated carbocycles. The van der Waals surface area contributed by atoms with Gasteiger partial charge >= 0.3 is 0 Å². The quantitative estimate of drug-likeness (QED) is 0.652. The molecule has 2 N–H and O–H groups in total. The van der Waals surface area contributed by atoms with Crippen LogP contribution in [-0.4, -0.2) is 29.5 Å². The number of non-ortho nitro benzene ring substituents is 1. The summed E-state index contributed by atoms with van der Waals surface area (Å²) in [6, 6.07) is 5.15. The van der Waals surface area contributed by atoms with Crippen LogP contribution in [0, 0.1) is 16.0 Å². The highest BCUT2D eigenvalue weighted by atomic mass is 16.6. The van der Waals surface area contributed by atoms with E-state index in [1.165, 1.54) is 6.42 Å². The van der Waals surface area contributed by atoms with E-state index >= 15 is 0 Å². The maximum atomic E-state index is 11.1. The Bertz CT molecular complexity index is 653. The van der Waals surface area contributed by atoms with Gasteiger partial charge in [0.05, 0.1) is 10.3 Å². The summed E-state index contributed by atoms with van der Waals surface area (Å²) in [5.74, 6) is 0.725. The molecular weight excluding hydrogens is 268 g/mol. The zero-order valence-electron chi connectivity index (χ0n) is 11.7. The second kappa shape index (κ2) is 6.05. The first kappa shape index (κ1) is 13.8. The van der Waals surface area contributed by atoms with Crippen molar-refractivity contribution in [3.8, 4) is 0 Å². The second-order valence-corrected chi connectivity index (χ2v) is 5.38. The summed E-state index contributed by atoms with van der Waals surface area (Å²) < 4.78 is 0. The molecule has 2 heterocycles. The molecule has 6 heteroatoms. The molecule has 1 unspecified atom stereocenters. The fourth-order valence-corrected chi connectivity index (χ4v) is 2.86. The van der Waals surface area contributed by atoms with E-state index in [1.807, 2.05) is 6.07 Å². The maximum absolute atomic E-state index is 11.1. The molecule has 1 aliphatic heterocycles. The molecule has 1 aliphatic rings. The lowest BCUT2D eigenvalue weighted by Crippen LogP contribution is -2.12. The van der Waals surface area contributed by atoms with Crippen molar-refractivity contribution in [1.29, 1.82) is 0 Å². The molecule has 0 spiro atoms. The van der Waals surface area contributed by atoms with Crippen molar-refractivity contribution in [3.63, 3.8) is 0 Å². The average Bonchev–Trinajstić information content (AvgIpc) is 3.00. The molecule has 0 radical (unpaired) electrons. The van der Waals surface area contributed by atoms with E-state index in [9.17, 15) is 10.1 Å². The fraction of sp³-hybridized carbons (Fsp3) is 0.400. The summed E-state index contributed by atoms with van der Waals surface area (Å²) >= 11 is 0. The zero-order valence-corrected chi connectivity index (χ0v) is 11.7. The van der Waals surface area contributed by atoms with Crippen LogP contribution < -0.4 is 10.6 Å². The molecule has 0 amide bonds. The van der Waals surface area contributed by atoms with E-state index < -0.39 is 0 Å². The Balaban J connectivity index is 1.79. The second-order valence-electron chi connectivity index (χ2n) is 5.38. The number of nitro benzene ring substituents is 1. The number of nitrogens with zero attached hydrogens (tertiary/aromatic N) is 2. The number of aromatic nitrogens is 1. The Morgan fingerprint density at radius 1 is 1.38 bits per heavy atom. The number of rotatable bonds is 5. The molecule has 1 aromatic heterocycles. The minimum Gasteiger partial charge on any atom is -0.385 e. The number of anilines is 1. The highest BCUT2D eigenvalue weighted by molar-refractivity contribution is 5.99. The largest absolute Gasteiger partial charge is 0.385 e. The molecule has 21 heavy (non-hydrogen) atoms. The van der Waals surface area contributed by atoms with E-state index in [0.717, 1.165) is 43.0 Å². The Labute approximate surface area is 122 Å². The highest BCUT2D eigenvalue weighted by Crippen LogP contribution is 2.30. The van der Waals surface area contributed by atoms with Gasteiger partial charge in [0.2, 0.25) is 0 Å². The Morgan fingerprint density at radius 3 is 3.05 bits per heavy atom. The van der Waals surface area contributed by atoms with Gasteiger partial charge in [-0.25, -0.2) is 0 Å². The van der Waals surface area contributed by atoms with Gasteiger partial charge in [-0.05, 0) is 44.0 Å². The first-order chi connectivity index (χ1) is 10.3. The number of benzene rings is 1. The molecule has 1 saturated heterocycles. The van der Waals surface area contributed by atoms with Gasteiger partial charge in [0.15, 0.2) is 0 Å². The summed E-state index contributed by atoms with van der Waals surface area (Å²) in [7, 11) is 0. The molecular formula is C15H18N4O2.